The summed E-state index contributed by atoms with van der Waals surface area (Å²) in [7, 11) is 0. The van der Waals surface area contributed by atoms with Gasteiger partial charge in [0, 0.05) is 9.86 Å². The normalized spacial score (nSPS) is 11.2. The van der Waals surface area contributed by atoms with E-state index in [1.54, 1.807) is 12.1 Å². The average molecular weight is 378 g/mol. The van der Waals surface area contributed by atoms with Gasteiger partial charge in [-0.25, -0.2) is 13.8 Å². The summed E-state index contributed by atoms with van der Waals surface area (Å²) in [5.74, 6) is 0.112. The van der Waals surface area contributed by atoms with Crippen LogP contribution in [0.25, 0.3) is 10.9 Å². The molecule has 1 heterocycles. The van der Waals surface area contributed by atoms with Gasteiger partial charge >= 0.3 is 0 Å². The molecule has 0 aliphatic heterocycles. The molecule has 0 saturated heterocycles. The lowest BCUT2D eigenvalue weighted by molar-refractivity contribution is 0.139. The van der Waals surface area contributed by atoms with Crippen molar-refractivity contribution in [2.45, 2.75) is 20.0 Å². The van der Waals surface area contributed by atoms with Crippen LogP contribution < -0.4 is 4.74 Å². The fourth-order valence-electron chi connectivity index (χ4n) is 2.37. The SMILES string of the molecule is Cc1cc(Br)c2cc(OCc3ccccc3)c(C(F)F)nc2c1. The highest BCUT2D eigenvalue weighted by molar-refractivity contribution is 9.10. The molecule has 3 aromatic rings. The van der Waals surface area contributed by atoms with Gasteiger partial charge in [0.1, 0.15) is 18.1 Å². The monoisotopic (exact) mass is 377 g/mol. The molecule has 0 unspecified atom stereocenters. The molecule has 1 aromatic heterocycles. The molecule has 2 aromatic carbocycles. The van der Waals surface area contributed by atoms with Crippen molar-refractivity contribution in [1.82, 2.24) is 4.98 Å². The number of fused-ring (bicyclic) bond motifs is 1. The number of hydrogen-bond acceptors (Lipinski definition) is 2. The maximum Gasteiger partial charge on any atom is 0.284 e. The summed E-state index contributed by atoms with van der Waals surface area (Å²) in [6, 6.07) is 14.8. The number of nitrogens with zero attached hydrogens (tertiary/aromatic N) is 1. The van der Waals surface area contributed by atoms with Crippen molar-refractivity contribution in [1.29, 1.82) is 0 Å². The minimum Gasteiger partial charge on any atom is -0.487 e. The molecule has 0 amide bonds. The summed E-state index contributed by atoms with van der Waals surface area (Å²) in [5, 5.41) is 0.753. The highest BCUT2D eigenvalue weighted by atomic mass is 79.9. The Morgan fingerprint density at radius 3 is 2.57 bits per heavy atom. The van der Waals surface area contributed by atoms with Crippen LogP contribution in [-0.4, -0.2) is 4.98 Å². The number of benzene rings is 2. The molecular formula is C18H14BrF2NO. The summed E-state index contributed by atoms with van der Waals surface area (Å²) < 4.78 is 33.1. The van der Waals surface area contributed by atoms with E-state index in [1.165, 1.54) is 0 Å². The predicted molar refractivity (Wildman–Crippen MR) is 89.9 cm³/mol. The number of alkyl halides is 2. The molecule has 0 N–H and O–H groups in total. The molecule has 0 radical (unpaired) electrons. The predicted octanol–water partition coefficient (Wildman–Crippen LogP) is 5.82. The average Bonchev–Trinajstić information content (AvgIpc) is 2.53. The van der Waals surface area contributed by atoms with E-state index in [1.807, 2.05) is 43.3 Å². The van der Waals surface area contributed by atoms with E-state index < -0.39 is 6.43 Å². The standard InChI is InChI=1S/C18H14BrF2NO/c1-11-7-14(19)13-9-16(17(18(20)21)22-15(13)8-11)23-10-12-5-3-2-4-6-12/h2-9,18H,10H2,1H3. The zero-order valence-electron chi connectivity index (χ0n) is 12.4. The van der Waals surface area contributed by atoms with Crippen molar-refractivity contribution in [3.8, 4) is 5.75 Å². The van der Waals surface area contributed by atoms with Gasteiger partial charge in [0.2, 0.25) is 0 Å². The number of aromatic nitrogens is 1. The van der Waals surface area contributed by atoms with Crippen LogP contribution in [0, 0.1) is 6.92 Å². The maximum absolute atomic E-state index is 13.3. The van der Waals surface area contributed by atoms with Crippen molar-refractivity contribution >= 4 is 26.8 Å². The molecule has 118 valence electrons. The Morgan fingerprint density at radius 1 is 1.13 bits per heavy atom. The topological polar surface area (TPSA) is 22.1 Å². The molecule has 0 fully saturated rings. The van der Waals surface area contributed by atoms with Gasteiger partial charge in [0.15, 0.2) is 0 Å². The molecule has 0 bridgehead atoms. The molecule has 0 aliphatic rings. The third-order valence-corrected chi connectivity index (χ3v) is 4.12. The Kier molecular flexibility index (Phi) is 4.57. The summed E-state index contributed by atoms with van der Waals surface area (Å²) in [4.78, 5) is 4.10. The minimum absolute atomic E-state index is 0.112. The fourth-order valence-corrected chi connectivity index (χ4v) is 3.05. The van der Waals surface area contributed by atoms with Gasteiger partial charge in [-0.05, 0) is 36.2 Å². The zero-order valence-corrected chi connectivity index (χ0v) is 14.0. The second kappa shape index (κ2) is 6.62. The number of halogens is 3. The van der Waals surface area contributed by atoms with Crippen molar-refractivity contribution in [2.75, 3.05) is 0 Å². The van der Waals surface area contributed by atoms with E-state index in [0.717, 1.165) is 21.0 Å². The molecule has 3 rings (SSSR count). The van der Waals surface area contributed by atoms with Crippen molar-refractivity contribution in [3.05, 3.63) is 69.8 Å². The molecule has 2 nitrogen and oxygen atoms in total. The maximum atomic E-state index is 13.3. The highest BCUT2D eigenvalue weighted by Gasteiger charge is 2.18. The van der Waals surface area contributed by atoms with E-state index in [0.29, 0.717) is 5.52 Å². The van der Waals surface area contributed by atoms with Crippen LogP contribution in [0.5, 0.6) is 5.75 Å². The minimum atomic E-state index is -2.69. The Balaban J connectivity index is 2.02. The van der Waals surface area contributed by atoms with Crippen molar-refractivity contribution < 1.29 is 13.5 Å². The number of ether oxygens (including phenoxy) is 1. The zero-order chi connectivity index (χ0) is 16.4. The largest absolute Gasteiger partial charge is 0.487 e. The number of rotatable bonds is 4. The Morgan fingerprint density at radius 2 is 1.87 bits per heavy atom. The number of pyridine rings is 1. The number of aryl methyl sites for hydroxylation is 1. The van der Waals surface area contributed by atoms with Gasteiger partial charge < -0.3 is 4.74 Å². The van der Waals surface area contributed by atoms with E-state index in [-0.39, 0.29) is 18.1 Å². The van der Waals surface area contributed by atoms with Crippen LogP contribution in [0.4, 0.5) is 8.78 Å². The lowest BCUT2D eigenvalue weighted by Gasteiger charge is -2.13. The molecule has 0 aliphatic carbocycles. The van der Waals surface area contributed by atoms with Gasteiger partial charge in [0.05, 0.1) is 5.52 Å². The van der Waals surface area contributed by atoms with Crippen LogP contribution in [0.3, 0.4) is 0 Å². The van der Waals surface area contributed by atoms with Crippen molar-refractivity contribution in [2.24, 2.45) is 0 Å². The van der Waals surface area contributed by atoms with Crippen LogP contribution in [0.1, 0.15) is 23.2 Å². The summed E-state index contributed by atoms with van der Waals surface area (Å²) >= 11 is 3.46. The molecule has 0 saturated carbocycles. The third-order valence-electron chi connectivity index (χ3n) is 3.46. The first-order valence-electron chi connectivity index (χ1n) is 7.10. The van der Waals surface area contributed by atoms with Gasteiger partial charge in [0.25, 0.3) is 6.43 Å². The van der Waals surface area contributed by atoms with Gasteiger partial charge in [-0.2, -0.15) is 0 Å². The molecule has 0 spiro atoms. The van der Waals surface area contributed by atoms with Crippen LogP contribution in [-0.2, 0) is 6.61 Å². The Labute approximate surface area is 141 Å². The Bertz CT molecular complexity index is 837. The Hall–Kier alpha value is -2.01. The van der Waals surface area contributed by atoms with E-state index in [4.69, 9.17) is 4.74 Å². The smallest absolute Gasteiger partial charge is 0.284 e. The first-order chi connectivity index (χ1) is 11.0. The second-order valence-electron chi connectivity index (χ2n) is 5.26. The molecule has 5 heteroatoms. The van der Waals surface area contributed by atoms with Crippen LogP contribution in [0.2, 0.25) is 0 Å². The molecular weight excluding hydrogens is 364 g/mol. The van der Waals surface area contributed by atoms with E-state index >= 15 is 0 Å². The van der Waals surface area contributed by atoms with Gasteiger partial charge in [-0.15, -0.1) is 0 Å². The van der Waals surface area contributed by atoms with Crippen molar-refractivity contribution in [3.63, 3.8) is 0 Å². The van der Waals surface area contributed by atoms with Gasteiger partial charge in [-0.3, -0.25) is 0 Å². The summed E-state index contributed by atoms with van der Waals surface area (Å²) in [6.07, 6.45) is -2.69. The van der Waals surface area contributed by atoms with Gasteiger partial charge in [-0.1, -0.05) is 46.3 Å². The molecule has 0 atom stereocenters. The summed E-state index contributed by atoms with van der Waals surface area (Å²) in [6.45, 7) is 2.12. The van der Waals surface area contributed by atoms with E-state index in [2.05, 4.69) is 20.9 Å². The van der Waals surface area contributed by atoms with Crippen LogP contribution in [0.15, 0.2) is 53.0 Å². The first kappa shape index (κ1) is 15.9. The lowest BCUT2D eigenvalue weighted by Crippen LogP contribution is -2.02. The third kappa shape index (κ3) is 3.50. The quantitative estimate of drug-likeness (QED) is 0.571. The van der Waals surface area contributed by atoms with E-state index in [9.17, 15) is 8.78 Å². The fraction of sp³-hybridized carbons (Fsp3) is 0.167. The highest BCUT2D eigenvalue weighted by Crippen LogP contribution is 2.34. The molecule has 23 heavy (non-hydrogen) atoms. The number of hydrogen-bond donors (Lipinski definition) is 0. The first-order valence-corrected chi connectivity index (χ1v) is 7.89. The lowest BCUT2D eigenvalue weighted by atomic mass is 10.1. The van der Waals surface area contributed by atoms with Crippen LogP contribution >= 0.6 is 15.9 Å². The second-order valence-corrected chi connectivity index (χ2v) is 6.11. The summed E-state index contributed by atoms with van der Waals surface area (Å²) in [5.41, 5.74) is 2.07.